The molecule has 1 saturated heterocycles. The second kappa shape index (κ2) is 6.39. The molecule has 5 rings (SSSR count). The molecule has 0 spiro atoms. The standard InChI is InChI=1S/C21H26N4O3/c22-17-8-12-6-7-21(17,9-12)23-10-13-2-1-3-14-15(13)11-25(20(14)28)16-4-5-18(26)24-19(16)27/h1-3,12,16-17,23H,4-11,22H2,(H,24,26,27)/t12-,16?,17+,21+/m0/s1. The van der Waals surface area contributed by atoms with Crippen molar-refractivity contribution in [2.75, 3.05) is 0 Å². The van der Waals surface area contributed by atoms with E-state index in [0.717, 1.165) is 36.3 Å². The maximum atomic E-state index is 12.9. The molecule has 4 aliphatic rings. The first kappa shape index (κ1) is 17.8. The van der Waals surface area contributed by atoms with Crippen LogP contribution in [0, 0.1) is 5.92 Å². The molecule has 0 aromatic heterocycles. The fourth-order valence-electron chi connectivity index (χ4n) is 5.68. The summed E-state index contributed by atoms with van der Waals surface area (Å²) >= 11 is 0. The lowest BCUT2D eigenvalue weighted by Crippen LogP contribution is -2.54. The first-order valence-corrected chi connectivity index (χ1v) is 10.2. The average Bonchev–Trinajstić information content (AvgIpc) is 3.32. The highest BCUT2D eigenvalue weighted by atomic mass is 16.2. The van der Waals surface area contributed by atoms with Crippen LogP contribution in [0.1, 0.15) is 60.0 Å². The van der Waals surface area contributed by atoms with E-state index in [2.05, 4.69) is 16.7 Å². The molecule has 28 heavy (non-hydrogen) atoms. The number of hydrogen-bond donors (Lipinski definition) is 3. The van der Waals surface area contributed by atoms with Gasteiger partial charge >= 0.3 is 0 Å². The fraction of sp³-hybridized carbons (Fsp3) is 0.571. The molecule has 148 valence electrons. The smallest absolute Gasteiger partial charge is 0.255 e. The van der Waals surface area contributed by atoms with Gasteiger partial charge in [-0.1, -0.05) is 12.1 Å². The number of carbonyl (C=O) groups excluding carboxylic acids is 3. The predicted molar refractivity (Wildman–Crippen MR) is 102 cm³/mol. The fourth-order valence-corrected chi connectivity index (χ4v) is 5.68. The van der Waals surface area contributed by atoms with Gasteiger partial charge < -0.3 is 16.0 Å². The zero-order valence-electron chi connectivity index (χ0n) is 15.9. The highest BCUT2D eigenvalue weighted by Crippen LogP contribution is 2.47. The lowest BCUT2D eigenvalue weighted by Gasteiger charge is -2.34. The van der Waals surface area contributed by atoms with Gasteiger partial charge in [-0.25, -0.2) is 0 Å². The topological polar surface area (TPSA) is 105 Å². The number of piperidine rings is 1. The van der Waals surface area contributed by atoms with Gasteiger partial charge in [-0.3, -0.25) is 19.7 Å². The molecular formula is C21H26N4O3. The summed E-state index contributed by atoms with van der Waals surface area (Å²) in [6.07, 6.45) is 5.26. The van der Waals surface area contributed by atoms with Gasteiger partial charge in [-0.05, 0) is 55.2 Å². The van der Waals surface area contributed by atoms with Crippen LogP contribution in [0.5, 0.6) is 0 Å². The molecule has 2 saturated carbocycles. The highest BCUT2D eigenvalue weighted by Gasteiger charge is 2.50. The quantitative estimate of drug-likeness (QED) is 0.669. The molecule has 2 bridgehead atoms. The largest absolute Gasteiger partial charge is 0.326 e. The predicted octanol–water partition coefficient (Wildman–Crippen LogP) is 0.807. The summed E-state index contributed by atoms with van der Waals surface area (Å²) in [5.41, 5.74) is 9.18. The second-order valence-corrected chi connectivity index (χ2v) is 8.80. The number of benzene rings is 1. The van der Waals surface area contributed by atoms with Gasteiger partial charge in [0.1, 0.15) is 6.04 Å². The lowest BCUT2D eigenvalue weighted by atomic mass is 9.88. The van der Waals surface area contributed by atoms with E-state index in [1.165, 1.54) is 6.42 Å². The van der Waals surface area contributed by atoms with E-state index in [-0.39, 0.29) is 35.7 Å². The summed E-state index contributed by atoms with van der Waals surface area (Å²) in [7, 11) is 0. The van der Waals surface area contributed by atoms with Crippen LogP contribution >= 0.6 is 0 Å². The first-order chi connectivity index (χ1) is 13.5. The highest BCUT2D eigenvalue weighted by molar-refractivity contribution is 6.05. The van der Waals surface area contributed by atoms with Gasteiger partial charge in [0.05, 0.1) is 0 Å². The molecule has 3 fully saturated rings. The van der Waals surface area contributed by atoms with Crippen molar-refractivity contribution in [2.45, 2.75) is 69.2 Å². The number of nitrogens with two attached hydrogens (primary N) is 1. The first-order valence-electron chi connectivity index (χ1n) is 10.2. The van der Waals surface area contributed by atoms with E-state index >= 15 is 0 Å². The molecule has 2 aliphatic carbocycles. The Hall–Kier alpha value is -2.25. The van der Waals surface area contributed by atoms with Crippen LogP contribution in [0.3, 0.4) is 0 Å². The van der Waals surface area contributed by atoms with Crippen LogP contribution in [0.2, 0.25) is 0 Å². The maximum absolute atomic E-state index is 12.9. The van der Waals surface area contributed by atoms with Crippen LogP contribution in [0.15, 0.2) is 18.2 Å². The third-order valence-electron chi connectivity index (χ3n) is 7.26. The molecule has 2 aliphatic heterocycles. The zero-order valence-corrected chi connectivity index (χ0v) is 15.9. The third-order valence-corrected chi connectivity index (χ3v) is 7.26. The van der Waals surface area contributed by atoms with Crippen molar-refractivity contribution in [3.8, 4) is 0 Å². The Balaban J connectivity index is 1.35. The number of nitrogens with zero attached hydrogens (tertiary/aromatic N) is 1. The van der Waals surface area contributed by atoms with E-state index in [1.807, 2.05) is 12.1 Å². The van der Waals surface area contributed by atoms with Crippen molar-refractivity contribution in [3.05, 3.63) is 34.9 Å². The van der Waals surface area contributed by atoms with Gasteiger partial charge in [0, 0.05) is 36.7 Å². The Kier molecular flexibility index (Phi) is 4.07. The van der Waals surface area contributed by atoms with Gasteiger partial charge in [-0.2, -0.15) is 0 Å². The van der Waals surface area contributed by atoms with Crippen molar-refractivity contribution in [2.24, 2.45) is 11.7 Å². The monoisotopic (exact) mass is 382 g/mol. The molecule has 1 aromatic rings. The minimum atomic E-state index is -0.573. The minimum Gasteiger partial charge on any atom is -0.326 e. The molecule has 0 radical (unpaired) electrons. The molecule has 1 unspecified atom stereocenters. The van der Waals surface area contributed by atoms with Crippen LogP contribution < -0.4 is 16.4 Å². The summed E-state index contributed by atoms with van der Waals surface area (Å²) in [4.78, 5) is 38.2. The Morgan fingerprint density at radius 1 is 1.25 bits per heavy atom. The van der Waals surface area contributed by atoms with E-state index < -0.39 is 6.04 Å². The number of amides is 3. The SMILES string of the molecule is N[C@@H]1C[C@@H]2CC[C@@]1(NCc1cccc3c1CN(C1CCC(=O)NC1=O)C3=O)C2. The Bertz CT molecular complexity index is 869. The van der Waals surface area contributed by atoms with Crippen LogP contribution in [-0.4, -0.2) is 40.2 Å². The van der Waals surface area contributed by atoms with E-state index in [0.29, 0.717) is 25.1 Å². The Morgan fingerprint density at radius 2 is 2.11 bits per heavy atom. The van der Waals surface area contributed by atoms with Crippen molar-refractivity contribution >= 4 is 17.7 Å². The average molecular weight is 382 g/mol. The summed E-state index contributed by atoms with van der Waals surface area (Å²) in [6.45, 7) is 1.10. The molecular weight excluding hydrogens is 356 g/mol. The molecule has 1 aromatic carbocycles. The van der Waals surface area contributed by atoms with Gasteiger partial charge in [-0.15, -0.1) is 0 Å². The van der Waals surface area contributed by atoms with Crippen molar-refractivity contribution in [3.63, 3.8) is 0 Å². The van der Waals surface area contributed by atoms with Crippen LogP contribution in [-0.2, 0) is 22.7 Å². The van der Waals surface area contributed by atoms with E-state index in [9.17, 15) is 14.4 Å². The van der Waals surface area contributed by atoms with Crippen molar-refractivity contribution in [1.29, 1.82) is 0 Å². The van der Waals surface area contributed by atoms with Gasteiger partial charge in [0.25, 0.3) is 5.91 Å². The van der Waals surface area contributed by atoms with Gasteiger partial charge in [0.15, 0.2) is 0 Å². The van der Waals surface area contributed by atoms with Crippen LogP contribution in [0.25, 0.3) is 0 Å². The third kappa shape index (κ3) is 2.68. The number of imide groups is 1. The number of fused-ring (bicyclic) bond motifs is 3. The second-order valence-electron chi connectivity index (χ2n) is 8.80. The summed E-state index contributed by atoms with van der Waals surface area (Å²) in [6, 6.07) is 5.42. The Morgan fingerprint density at radius 3 is 2.82 bits per heavy atom. The number of carbonyl (C=O) groups is 3. The summed E-state index contributed by atoms with van der Waals surface area (Å²) < 4.78 is 0. The van der Waals surface area contributed by atoms with Crippen LogP contribution in [0.4, 0.5) is 0 Å². The normalized spacial score (nSPS) is 34.1. The summed E-state index contributed by atoms with van der Waals surface area (Å²) in [5.74, 6) is -0.0150. The molecule has 4 N–H and O–H groups in total. The summed E-state index contributed by atoms with van der Waals surface area (Å²) in [5, 5.41) is 6.08. The molecule has 3 amide bonds. The number of nitrogens with one attached hydrogen (secondary N) is 2. The lowest BCUT2D eigenvalue weighted by molar-refractivity contribution is -0.136. The molecule has 4 atom stereocenters. The van der Waals surface area contributed by atoms with E-state index in [4.69, 9.17) is 5.73 Å². The molecule has 2 heterocycles. The maximum Gasteiger partial charge on any atom is 0.255 e. The molecule has 7 nitrogen and oxygen atoms in total. The number of rotatable bonds is 4. The zero-order chi connectivity index (χ0) is 19.5. The molecule has 7 heteroatoms. The van der Waals surface area contributed by atoms with E-state index in [1.54, 1.807) is 4.90 Å². The number of hydrogen-bond acceptors (Lipinski definition) is 5. The van der Waals surface area contributed by atoms with Crippen molar-refractivity contribution < 1.29 is 14.4 Å². The Labute approximate surface area is 164 Å². The van der Waals surface area contributed by atoms with Crippen molar-refractivity contribution in [1.82, 2.24) is 15.5 Å². The van der Waals surface area contributed by atoms with Gasteiger partial charge in [0.2, 0.25) is 11.8 Å². The minimum absolute atomic E-state index is 0.0271.